The van der Waals surface area contributed by atoms with Crippen molar-refractivity contribution in [2.24, 2.45) is 5.10 Å². The summed E-state index contributed by atoms with van der Waals surface area (Å²) in [6, 6.07) is 15.1. The van der Waals surface area contributed by atoms with Gasteiger partial charge in [0.2, 0.25) is 5.95 Å². The molecule has 0 aliphatic carbocycles. The van der Waals surface area contributed by atoms with Gasteiger partial charge in [0.25, 0.3) is 0 Å². The molecule has 0 unspecified atom stereocenters. The SMILES string of the molecule is Clc1ccc(OCc2ccccc2Cl)c(/C=N\Nc2cc(N3CCCCC3)nc(N3CCCCC3)n2)c1. The monoisotopic (exact) mass is 538 g/mol. The number of hydrogen-bond acceptors (Lipinski definition) is 7. The van der Waals surface area contributed by atoms with Crippen molar-refractivity contribution in [1.82, 2.24) is 9.97 Å². The molecule has 3 aromatic rings. The fourth-order valence-corrected chi connectivity index (χ4v) is 5.06. The molecule has 3 heterocycles. The van der Waals surface area contributed by atoms with Crippen molar-refractivity contribution in [1.29, 1.82) is 0 Å². The zero-order chi connectivity index (χ0) is 25.5. The smallest absolute Gasteiger partial charge is 0.229 e. The maximum atomic E-state index is 6.29. The molecule has 0 amide bonds. The molecule has 2 saturated heterocycles. The molecule has 2 aromatic carbocycles. The summed E-state index contributed by atoms with van der Waals surface area (Å²) in [5.41, 5.74) is 4.80. The normalized spacial score (nSPS) is 16.3. The Morgan fingerprint density at radius 3 is 2.35 bits per heavy atom. The van der Waals surface area contributed by atoms with E-state index in [1.165, 1.54) is 38.5 Å². The first-order valence-corrected chi connectivity index (χ1v) is 13.8. The van der Waals surface area contributed by atoms with Crippen LogP contribution in [0.15, 0.2) is 53.6 Å². The molecule has 0 spiro atoms. The third-order valence-electron chi connectivity index (χ3n) is 6.72. The van der Waals surface area contributed by atoms with Gasteiger partial charge < -0.3 is 14.5 Å². The number of rotatable bonds is 8. The highest BCUT2D eigenvalue weighted by molar-refractivity contribution is 6.31. The van der Waals surface area contributed by atoms with Gasteiger partial charge in [-0.15, -0.1) is 0 Å². The Labute approximate surface area is 228 Å². The van der Waals surface area contributed by atoms with E-state index in [1.54, 1.807) is 12.3 Å². The number of hydrazone groups is 1. The van der Waals surface area contributed by atoms with Gasteiger partial charge in [0.15, 0.2) is 5.82 Å². The predicted octanol–water partition coefficient (Wildman–Crippen LogP) is 6.79. The van der Waals surface area contributed by atoms with Crippen LogP contribution in [0.4, 0.5) is 17.6 Å². The Kier molecular flexibility index (Phi) is 8.64. The molecule has 37 heavy (non-hydrogen) atoms. The summed E-state index contributed by atoms with van der Waals surface area (Å²) in [7, 11) is 0. The van der Waals surface area contributed by atoms with E-state index in [1.807, 2.05) is 42.5 Å². The average Bonchev–Trinajstić information content (AvgIpc) is 2.94. The third-order valence-corrected chi connectivity index (χ3v) is 7.32. The van der Waals surface area contributed by atoms with Crippen molar-refractivity contribution < 1.29 is 4.74 Å². The Morgan fingerprint density at radius 1 is 0.865 bits per heavy atom. The van der Waals surface area contributed by atoms with Crippen LogP contribution in [0.3, 0.4) is 0 Å². The van der Waals surface area contributed by atoms with E-state index in [9.17, 15) is 0 Å². The number of piperidine rings is 2. The molecular formula is C28H32Cl2N6O. The molecule has 2 fully saturated rings. The van der Waals surface area contributed by atoms with Crippen molar-refractivity contribution >= 4 is 47.0 Å². The molecule has 1 aromatic heterocycles. The summed E-state index contributed by atoms with van der Waals surface area (Å²) in [6.07, 6.45) is 8.96. The Bertz CT molecular complexity index is 1190. The number of nitrogens with zero attached hydrogens (tertiary/aromatic N) is 5. The Hall–Kier alpha value is -3.03. The lowest BCUT2D eigenvalue weighted by molar-refractivity contribution is 0.306. The summed E-state index contributed by atoms with van der Waals surface area (Å²) < 4.78 is 6.06. The van der Waals surface area contributed by atoms with Crippen molar-refractivity contribution in [2.45, 2.75) is 45.1 Å². The molecule has 7 nitrogen and oxygen atoms in total. The van der Waals surface area contributed by atoms with E-state index in [2.05, 4.69) is 20.3 Å². The standard InChI is InChI=1S/C28H32Cl2N6O/c29-23-11-12-25(37-20-21-9-3-4-10-24(21)30)22(17-23)19-31-34-26-18-27(35-13-5-1-6-14-35)33-28(32-26)36-15-7-2-8-16-36/h3-4,9-12,17-19H,1-2,5-8,13-16,20H2,(H,32,33,34)/b31-19-. The maximum Gasteiger partial charge on any atom is 0.229 e. The first-order valence-electron chi connectivity index (χ1n) is 13.0. The summed E-state index contributed by atoms with van der Waals surface area (Å²) >= 11 is 12.6. The number of aromatic nitrogens is 2. The Morgan fingerprint density at radius 2 is 1.59 bits per heavy atom. The number of hydrogen-bond donors (Lipinski definition) is 1. The van der Waals surface area contributed by atoms with Gasteiger partial charge in [-0.3, -0.25) is 5.43 Å². The first-order chi connectivity index (χ1) is 18.2. The molecule has 1 N–H and O–H groups in total. The number of nitrogens with one attached hydrogen (secondary N) is 1. The van der Waals surface area contributed by atoms with Crippen molar-refractivity contribution in [3.8, 4) is 5.75 Å². The van der Waals surface area contributed by atoms with E-state index in [4.69, 9.17) is 37.9 Å². The van der Waals surface area contributed by atoms with Gasteiger partial charge in [-0.05, 0) is 62.8 Å². The molecule has 0 radical (unpaired) electrons. The van der Waals surface area contributed by atoms with Crippen LogP contribution in [0.25, 0.3) is 0 Å². The molecule has 0 bridgehead atoms. The lowest BCUT2D eigenvalue weighted by Crippen LogP contribution is -2.33. The van der Waals surface area contributed by atoms with Crippen LogP contribution in [0, 0.1) is 0 Å². The number of anilines is 3. The zero-order valence-corrected chi connectivity index (χ0v) is 22.4. The number of benzene rings is 2. The summed E-state index contributed by atoms with van der Waals surface area (Å²) in [5, 5.41) is 5.77. The molecule has 9 heteroatoms. The fourth-order valence-electron chi connectivity index (χ4n) is 4.69. The minimum Gasteiger partial charge on any atom is -0.488 e. The topological polar surface area (TPSA) is 65.9 Å². The fraction of sp³-hybridized carbons (Fsp3) is 0.393. The Balaban J connectivity index is 1.34. The number of ether oxygens (including phenoxy) is 1. The lowest BCUT2D eigenvalue weighted by Gasteiger charge is -2.31. The van der Waals surface area contributed by atoms with Gasteiger partial charge in [0.1, 0.15) is 18.2 Å². The molecular weight excluding hydrogens is 507 g/mol. The van der Waals surface area contributed by atoms with Crippen LogP contribution in [0.5, 0.6) is 5.75 Å². The minimum absolute atomic E-state index is 0.347. The molecule has 2 aliphatic heterocycles. The predicted molar refractivity (Wildman–Crippen MR) is 153 cm³/mol. The second-order valence-electron chi connectivity index (χ2n) is 9.44. The summed E-state index contributed by atoms with van der Waals surface area (Å²) in [6.45, 7) is 4.36. The summed E-state index contributed by atoms with van der Waals surface area (Å²) in [4.78, 5) is 14.4. The van der Waals surface area contributed by atoms with E-state index in [0.717, 1.165) is 49.1 Å². The van der Waals surface area contributed by atoms with Gasteiger partial charge in [-0.25, -0.2) is 0 Å². The molecule has 0 atom stereocenters. The quantitative estimate of drug-likeness (QED) is 0.251. The molecule has 0 saturated carbocycles. The van der Waals surface area contributed by atoms with Gasteiger partial charge in [0.05, 0.1) is 6.21 Å². The van der Waals surface area contributed by atoms with Crippen LogP contribution >= 0.6 is 23.2 Å². The number of halogens is 2. The van der Waals surface area contributed by atoms with Gasteiger partial charge in [0, 0.05) is 53.4 Å². The second kappa shape index (κ2) is 12.5. The van der Waals surface area contributed by atoms with Crippen LogP contribution in [0.2, 0.25) is 10.0 Å². The van der Waals surface area contributed by atoms with Crippen molar-refractivity contribution in [3.63, 3.8) is 0 Å². The highest BCUT2D eigenvalue weighted by Gasteiger charge is 2.19. The highest BCUT2D eigenvalue weighted by atomic mass is 35.5. The van der Waals surface area contributed by atoms with E-state index >= 15 is 0 Å². The second-order valence-corrected chi connectivity index (χ2v) is 10.3. The van der Waals surface area contributed by atoms with Crippen molar-refractivity contribution in [3.05, 3.63) is 69.7 Å². The maximum absolute atomic E-state index is 6.29. The van der Waals surface area contributed by atoms with E-state index in [0.29, 0.717) is 28.2 Å². The van der Waals surface area contributed by atoms with Crippen LogP contribution < -0.4 is 20.0 Å². The third kappa shape index (κ3) is 6.84. The minimum atomic E-state index is 0.347. The molecule has 5 rings (SSSR count). The van der Waals surface area contributed by atoms with Gasteiger partial charge >= 0.3 is 0 Å². The van der Waals surface area contributed by atoms with Gasteiger partial charge in [-0.1, -0.05) is 41.4 Å². The largest absolute Gasteiger partial charge is 0.488 e. The van der Waals surface area contributed by atoms with Crippen molar-refractivity contribution in [2.75, 3.05) is 41.4 Å². The molecule has 2 aliphatic rings. The zero-order valence-electron chi connectivity index (χ0n) is 20.9. The van der Waals surface area contributed by atoms with Crippen LogP contribution in [-0.4, -0.2) is 42.4 Å². The van der Waals surface area contributed by atoms with Gasteiger partial charge in [-0.2, -0.15) is 15.1 Å². The van der Waals surface area contributed by atoms with Crippen LogP contribution in [-0.2, 0) is 6.61 Å². The first kappa shape index (κ1) is 25.6. The van der Waals surface area contributed by atoms with E-state index < -0.39 is 0 Å². The van der Waals surface area contributed by atoms with Crippen LogP contribution in [0.1, 0.15) is 49.7 Å². The lowest BCUT2D eigenvalue weighted by atomic mass is 10.1. The average molecular weight is 540 g/mol. The van der Waals surface area contributed by atoms with E-state index in [-0.39, 0.29) is 0 Å². The highest BCUT2D eigenvalue weighted by Crippen LogP contribution is 2.26. The summed E-state index contributed by atoms with van der Waals surface area (Å²) in [5.74, 6) is 3.07. The molecule has 194 valence electrons.